The number of unbranched alkanes of at least 4 members (excludes halogenated alkanes) is 2. The first-order valence-corrected chi connectivity index (χ1v) is 6.04. The van der Waals surface area contributed by atoms with Crippen molar-refractivity contribution in [2.45, 2.75) is 46.0 Å². The fraction of sp³-hybridized carbons (Fsp3) is 0.917. The third-order valence-electron chi connectivity index (χ3n) is 3.37. The second-order valence-corrected chi connectivity index (χ2v) is 4.95. The third kappa shape index (κ3) is 3.49. The van der Waals surface area contributed by atoms with E-state index in [0.29, 0.717) is 0 Å². The minimum Gasteiger partial charge on any atom is -0.481 e. The Kier molecular flexibility index (Phi) is 4.58. The number of aliphatic carboxylic acids is 1. The highest BCUT2D eigenvalue weighted by Crippen LogP contribution is 2.29. The second-order valence-electron chi connectivity index (χ2n) is 4.95. The Morgan fingerprint density at radius 1 is 1.47 bits per heavy atom. The van der Waals surface area contributed by atoms with Crippen LogP contribution in [0.15, 0.2) is 0 Å². The fourth-order valence-electron chi connectivity index (χ4n) is 2.30. The normalized spacial score (nSPS) is 27.9. The summed E-state index contributed by atoms with van der Waals surface area (Å²) in [5, 5.41) is 9.16. The number of nitrogens with zero attached hydrogens (tertiary/aromatic N) is 1. The number of likely N-dealkylation sites (tertiary alicyclic amines) is 1. The van der Waals surface area contributed by atoms with Gasteiger partial charge in [0.05, 0.1) is 5.41 Å². The van der Waals surface area contributed by atoms with E-state index < -0.39 is 11.4 Å². The maximum absolute atomic E-state index is 11.1. The first-order valence-electron chi connectivity index (χ1n) is 6.04. The molecule has 15 heavy (non-hydrogen) atoms. The quantitative estimate of drug-likeness (QED) is 0.713. The molecule has 0 amide bonds. The van der Waals surface area contributed by atoms with Gasteiger partial charge >= 0.3 is 5.97 Å². The van der Waals surface area contributed by atoms with Gasteiger partial charge in [0, 0.05) is 6.54 Å². The third-order valence-corrected chi connectivity index (χ3v) is 3.37. The summed E-state index contributed by atoms with van der Waals surface area (Å²) in [4.78, 5) is 13.4. The molecule has 0 aliphatic carbocycles. The van der Waals surface area contributed by atoms with Crippen molar-refractivity contribution in [3.8, 4) is 0 Å². The average Bonchev–Trinajstić information content (AvgIpc) is 2.18. The Labute approximate surface area is 92.5 Å². The average molecular weight is 213 g/mol. The van der Waals surface area contributed by atoms with E-state index in [2.05, 4.69) is 11.8 Å². The fourth-order valence-corrected chi connectivity index (χ4v) is 2.30. The summed E-state index contributed by atoms with van der Waals surface area (Å²) < 4.78 is 0. The van der Waals surface area contributed by atoms with Gasteiger partial charge in [-0.3, -0.25) is 4.79 Å². The molecule has 1 N–H and O–H groups in total. The number of carboxylic acid groups (broad SMARTS) is 1. The van der Waals surface area contributed by atoms with E-state index in [1.165, 1.54) is 19.3 Å². The number of piperidine rings is 1. The van der Waals surface area contributed by atoms with E-state index in [0.717, 1.165) is 32.5 Å². The van der Waals surface area contributed by atoms with Crippen LogP contribution in [0.3, 0.4) is 0 Å². The molecule has 0 spiro atoms. The first-order chi connectivity index (χ1) is 7.08. The van der Waals surface area contributed by atoms with Crippen molar-refractivity contribution in [1.29, 1.82) is 0 Å². The first kappa shape index (κ1) is 12.5. The lowest BCUT2D eigenvalue weighted by Crippen LogP contribution is -2.46. The van der Waals surface area contributed by atoms with Gasteiger partial charge in [0.2, 0.25) is 0 Å². The monoisotopic (exact) mass is 213 g/mol. The molecule has 0 radical (unpaired) electrons. The van der Waals surface area contributed by atoms with Crippen LogP contribution >= 0.6 is 0 Å². The maximum Gasteiger partial charge on any atom is 0.310 e. The Balaban J connectivity index is 2.38. The maximum atomic E-state index is 11.1. The van der Waals surface area contributed by atoms with E-state index in [-0.39, 0.29) is 0 Å². The van der Waals surface area contributed by atoms with Crippen LogP contribution in [-0.2, 0) is 4.79 Å². The molecule has 1 atom stereocenters. The highest BCUT2D eigenvalue weighted by molar-refractivity contribution is 5.74. The van der Waals surface area contributed by atoms with E-state index in [1.54, 1.807) is 0 Å². The van der Waals surface area contributed by atoms with E-state index in [9.17, 15) is 4.79 Å². The molecule has 1 rings (SSSR count). The molecule has 0 aromatic rings. The lowest BCUT2D eigenvalue weighted by Gasteiger charge is -2.37. The lowest BCUT2D eigenvalue weighted by molar-refractivity contribution is -0.151. The number of rotatable bonds is 5. The van der Waals surface area contributed by atoms with Crippen molar-refractivity contribution in [3.05, 3.63) is 0 Å². The summed E-state index contributed by atoms with van der Waals surface area (Å²) in [6.45, 7) is 6.94. The molecule has 1 aliphatic heterocycles. The van der Waals surface area contributed by atoms with E-state index in [1.807, 2.05) is 6.92 Å². The Morgan fingerprint density at radius 2 is 2.20 bits per heavy atom. The Hall–Kier alpha value is -0.570. The molecule has 3 nitrogen and oxygen atoms in total. The standard InChI is InChI=1S/C12H23NO2/c1-3-4-5-8-13-9-6-7-12(2,10-13)11(14)15/h3-10H2,1-2H3,(H,14,15). The SMILES string of the molecule is CCCCCN1CCCC(C)(C(=O)O)C1. The summed E-state index contributed by atoms with van der Waals surface area (Å²) in [7, 11) is 0. The molecule has 1 aliphatic rings. The molecule has 0 bridgehead atoms. The second kappa shape index (κ2) is 5.50. The van der Waals surface area contributed by atoms with Gasteiger partial charge in [-0.25, -0.2) is 0 Å². The van der Waals surface area contributed by atoms with Crippen LogP contribution in [-0.4, -0.2) is 35.6 Å². The molecule has 0 saturated carbocycles. The van der Waals surface area contributed by atoms with Crippen LogP contribution in [0.4, 0.5) is 0 Å². The highest BCUT2D eigenvalue weighted by Gasteiger charge is 2.37. The van der Waals surface area contributed by atoms with Crippen molar-refractivity contribution < 1.29 is 9.90 Å². The smallest absolute Gasteiger partial charge is 0.310 e. The van der Waals surface area contributed by atoms with Crippen molar-refractivity contribution in [2.75, 3.05) is 19.6 Å². The molecular weight excluding hydrogens is 190 g/mol. The number of hydrogen-bond donors (Lipinski definition) is 1. The zero-order chi connectivity index (χ0) is 11.3. The van der Waals surface area contributed by atoms with Gasteiger partial charge in [0.1, 0.15) is 0 Å². The van der Waals surface area contributed by atoms with Crippen molar-refractivity contribution in [3.63, 3.8) is 0 Å². The number of hydrogen-bond acceptors (Lipinski definition) is 2. The van der Waals surface area contributed by atoms with Gasteiger partial charge in [0.25, 0.3) is 0 Å². The van der Waals surface area contributed by atoms with Gasteiger partial charge in [-0.15, -0.1) is 0 Å². The van der Waals surface area contributed by atoms with E-state index >= 15 is 0 Å². The van der Waals surface area contributed by atoms with Gasteiger partial charge in [-0.2, -0.15) is 0 Å². The van der Waals surface area contributed by atoms with Gasteiger partial charge < -0.3 is 10.0 Å². The van der Waals surface area contributed by atoms with Gasteiger partial charge in [-0.1, -0.05) is 19.8 Å². The van der Waals surface area contributed by atoms with Crippen LogP contribution < -0.4 is 0 Å². The molecule has 1 heterocycles. The van der Waals surface area contributed by atoms with Crippen LogP contribution in [0.1, 0.15) is 46.0 Å². The van der Waals surface area contributed by atoms with Crippen LogP contribution in [0.5, 0.6) is 0 Å². The molecular formula is C12H23NO2. The summed E-state index contributed by atoms with van der Waals surface area (Å²) in [5.74, 6) is -0.636. The molecule has 1 saturated heterocycles. The summed E-state index contributed by atoms with van der Waals surface area (Å²) in [5.41, 5.74) is -0.509. The Bertz CT molecular complexity index is 218. The number of carboxylic acids is 1. The number of carbonyl (C=O) groups is 1. The summed E-state index contributed by atoms with van der Waals surface area (Å²) in [6.07, 6.45) is 5.53. The highest BCUT2D eigenvalue weighted by atomic mass is 16.4. The zero-order valence-corrected chi connectivity index (χ0v) is 9.96. The van der Waals surface area contributed by atoms with Crippen LogP contribution in [0.2, 0.25) is 0 Å². The van der Waals surface area contributed by atoms with Gasteiger partial charge in [-0.05, 0) is 39.3 Å². The largest absolute Gasteiger partial charge is 0.481 e. The molecule has 1 unspecified atom stereocenters. The van der Waals surface area contributed by atoms with Crippen molar-refractivity contribution in [2.24, 2.45) is 5.41 Å². The van der Waals surface area contributed by atoms with Crippen LogP contribution in [0.25, 0.3) is 0 Å². The zero-order valence-electron chi connectivity index (χ0n) is 9.96. The molecule has 3 heteroatoms. The van der Waals surface area contributed by atoms with E-state index in [4.69, 9.17) is 5.11 Å². The Morgan fingerprint density at radius 3 is 2.80 bits per heavy atom. The predicted octanol–water partition coefficient (Wildman–Crippen LogP) is 2.36. The molecule has 0 aromatic heterocycles. The lowest BCUT2D eigenvalue weighted by atomic mass is 9.82. The predicted molar refractivity (Wildman–Crippen MR) is 60.9 cm³/mol. The van der Waals surface area contributed by atoms with Crippen LogP contribution in [0, 0.1) is 5.41 Å². The molecule has 0 aromatic carbocycles. The summed E-state index contributed by atoms with van der Waals surface area (Å²) in [6, 6.07) is 0. The molecule has 88 valence electrons. The topological polar surface area (TPSA) is 40.5 Å². The van der Waals surface area contributed by atoms with Crippen molar-refractivity contribution in [1.82, 2.24) is 4.90 Å². The van der Waals surface area contributed by atoms with Gasteiger partial charge in [0.15, 0.2) is 0 Å². The minimum atomic E-state index is -0.636. The minimum absolute atomic E-state index is 0.509. The molecule has 1 fully saturated rings. The van der Waals surface area contributed by atoms with Crippen molar-refractivity contribution >= 4 is 5.97 Å². The summed E-state index contributed by atoms with van der Waals surface area (Å²) >= 11 is 0.